The molecular formula is C11H25N3O4. The van der Waals surface area contributed by atoms with Crippen molar-refractivity contribution in [3.05, 3.63) is 0 Å². The van der Waals surface area contributed by atoms with Crippen LogP contribution in [-0.4, -0.2) is 71.1 Å². The van der Waals surface area contributed by atoms with Crippen LogP contribution in [0, 0.1) is 0 Å². The number of carbonyl (C=O) groups is 1. The van der Waals surface area contributed by atoms with Gasteiger partial charge in [0.05, 0.1) is 13.2 Å². The second kappa shape index (κ2) is 11.4. The van der Waals surface area contributed by atoms with Gasteiger partial charge in [-0.3, -0.25) is 15.1 Å². The number of amides is 1. The number of hydrogen-bond acceptors (Lipinski definition) is 6. The molecular weight excluding hydrogens is 238 g/mol. The van der Waals surface area contributed by atoms with Crippen molar-refractivity contribution in [1.29, 1.82) is 0 Å². The summed E-state index contributed by atoms with van der Waals surface area (Å²) < 4.78 is 15.1. The summed E-state index contributed by atoms with van der Waals surface area (Å²) in [5.74, 6) is 4.93. The quantitative estimate of drug-likeness (QED) is 0.215. The molecule has 1 amide bonds. The Kier molecular flexibility index (Phi) is 10.9. The summed E-state index contributed by atoms with van der Waals surface area (Å²) in [5.41, 5.74) is 2.16. The molecule has 0 aromatic heterocycles. The van der Waals surface area contributed by atoms with Gasteiger partial charge in [0.1, 0.15) is 6.04 Å². The maximum atomic E-state index is 11.7. The van der Waals surface area contributed by atoms with Crippen LogP contribution in [0.2, 0.25) is 0 Å². The highest BCUT2D eigenvalue weighted by Crippen LogP contribution is 2.03. The highest BCUT2D eigenvalue weighted by molar-refractivity contribution is 5.81. The van der Waals surface area contributed by atoms with E-state index in [1.807, 2.05) is 4.90 Å². The average Bonchev–Trinajstić information content (AvgIpc) is 2.39. The zero-order valence-electron chi connectivity index (χ0n) is 11.5. The van der Waals surface area contributed by atoms with Gasteiger partial charge in [0, 0.05) is 41.0 Å². The molecule has 0 aromatic rings. The number of nitrogens with zero attached hydrogens (tertiary/aromatic N) is 1. The number of ether oxygens (including phenoxy) is 3. The van der Waals surface area contributed by atoms with Crippen LogP contribution >= 0.6 is 0 Å². The molecule has 1 atom stereocenters. The number of nitrogens with one attached hydrogen (secondary N) is 1. The molecule has 0 saturated heterocycles. The van der Waals surface area contributed by atoms with Gasteiger partial charge < -0.3 is 14.2 Å². The van der Waals surface area contributed by atoms with E-state index in [0.29, 0.717) is 26.4 Å². The molecule has 0 aliphatic carbocycles. The van der Waals surface area contributed by atoms with Gasteiger partial charge in [-0.1, -0.05) is 0 Å². The van der Waals surface area contributed by atoms with Gasteiger partial charge in [0.25, 0.3) is 5.91 Å². The Morgan fingerprint density at radius 2 is 1.83 bits per heavy atom. The highest BCUT2D eigenvalue weighted by Gasteiger charge is 2.24. The Morgan fingerprint density at radius 3 is 2.33 bits per heavy atom. The van der Waals surface area contributed by atoms with Crippen molar-refractivity contribution in [2.45, 2.75) is 12.5 Å². The standard InChI is InChI=1S/C11H25N3O4/c1-16-7-4-5-14(6-8-17-2)10(9-18-3)11(15)13-12/h10H,4-9,12H2,1-3H3,(H,13,15). The van der Waals surface area contributed by atoms with Gasteiger partial charge in [-0.15, -0.1) is 0 Å². The second-order valence-electron chi connectivity index (χ2n) is 3.85. The van der Waals surface area contributed by atoms with Crippen molar-refractivity contribution in [3.8, 4) is 0 Å². The van der Waals surface area contributed by atoms with Crippen molar-refractivity contribution in [2.75, 3.05) is 54.2 Å². The molecule has 0 aliphatic rings. The molecule has 0 radical (unpaired) electrons. The van der Waals surface area contributed by atoms with Crippen molar-refractivity contribution in [1.82, 2.24) is 10.3 Å². The first-order valence-electron chi connectivity index (χ1n) is 5.92. The predicted octanol–water partition coefficient (Wildman–Crippen LogP) is -1.02. The van der Waals surface area contributed by atoms with Crippen LogP contribution in [0.25, 0.3) is 0 Å². The molecule has 108 valence electrons. The molecule has 0 rings (SSSR count). The molecule has 7 nitrogen and oxygen atoms in total. The molecule has 0 bridgehead atoms. The maximum Gasteiger partial charge on any atom is 0.253 e. The number of hydrazine groups is 1. The van der Waals surface area contributed by atoms with E-state index in [9.17, 15) is 4.79 Å². The highest BCUT2D eigenvalue weighted by atomic mass is 16.5. The van der Waals surface area contributed by atoms with Gasteiger partial charge >= 0.3 is 0 Å². The fraction of sp³-hybridized carbons (Fsp3) is 0.909. The zero-order chi connectivity index (χ0) is 13.8. The Balaban J connectivity index is 4.46. The minimum Gasteiger partial charge on any atom is -0.385 e. The van der Waals surface area contributed by atoms with Crippen LogP contribution in [0.4, 0.5) is 0 Å². The van der Waals surface area contributed by atoms with E-state index < -0.39 is 6.04 Å². The summed E-state index contributed by atoms with van der Waals surface area (Å²) in [6.45, 7) is 2.85. The first-order valence-corrected chi connectivity index (χ1v) is 5.92. The third kappa shape index (κ3) is 6.87. The third-order valence-corrected chi connectivity index (χ3v) is 2.59. The first-order chi connectivity index (χ1) is 8.71. The minimum absolute atomic E-state index is 0.259. The molecule has 0 fully saturated rings. The fourth-order valence-corrected chi connectivity index (χ4v) is 1.64. The number of nitrogens with two attached hydrogens (primary N) is 1. The molecule has 18 heavy (non-hydrogen) atoms. The predicted molar refractivity (Wildman–Crippen MR) is 67.9 cm³/mol. The minimum atomic E-state index is -0.410. The summed E-state index contributed by atoms with van der Waals surface area (Å²) >= 11 is 0. The van der Waals surface area contributed by atoms with E-state index in [4.69, 9.17) is 20.1 Å². The van der Waals surface area contributed by atoms with E-state index in [2.05, 4.69) is 5.43 Å². The molecule has 0 aromatic carbocycles. The van der Waals surface area contributed by atoms with E-state index in [1.54, 1.807) is 21.3 Å². The lowest BCUT2D eigenvalue weighted by atomic mass is 10.2. The lowest BCUT2D eigenvalue weighted by Crippen LogP contribution is -2.52. The summed E-state index contributed by atoms with van der Waals surface area (Å²) in [5, 5.41) is 0. The number of carbonyl (C=O) groups excluding carboxylic acids is 1. The van der Waals surface area contributed by atoms with Crippen LogP contribution in [0.1, 0.15) is 6.42 Å². The smallest absolute Gasteiger partial charge is 0.253 e. The van der Waals surface area contributed by atoms with Crippen molar-refractivity contribution in [3.63, 3.8) is 0 Å². The van der Waals surface area contributed by atoms with E-state index in [1.165, 1.54) is 0 Å². The van der Waals surface area contributed by atoms with Gasteiger partial charge in [-0.25, -0.2) is 5.84 Å². The van der Waals surface area contributed by atoms with E-state index in [-0.39, 0.29) is 5.91 Å². The monoisotopic (exact) mass is 263 g/mol. The molecule has 7 heteroatoms. The van der Waals surface area contributed by atoms with Gasteiger partial charge in [0.15, 0.2) is 0 Å². The van der Waals surface area contributed by atoms with Crippen LogP contribution in [0.3, 0.4) is 0 Å². The van der Waals surface area contributed by atoms with Crippen LogP contribution < -0.4 is 11.3 Å². The average molecular weight is 263 g/mol. The number of methoxy groups -OCH3 is 3. The van der Waals surface area contributed by atoms with Gasteiger partial charge in [0.2, 0.25) is 0 Å². The summed E-state index contributed by atoms with van der Waals surface area (Å²) in [4.78, 5) is 13.7. The molecule has 1 unspecified atom stereocenters. The lowest BCUT2D eigenvalue weighted by Gasteiger charge is -2.29. The molecule has 0 saturated carbocycles. The third-order valence-electron chi connectivity index (χ3n) is 2.59. The van der Waals surface area contributed by atoms with Gasteiger partial charge in [-0.05, 0) is 6.42 Å². The summed E-state index contributed by atoms with van der Waals surface area (Å²) in [6.07, 6.45) is 0.832. The van der Waals surface area contributed by atoms with Crippen molar-refractivity contribution < 1.29 is 19.0 Å². The topological polar surface area (TPSA) is 86.0 Å². The second-order valence-corrected chi connectivity index (χ2v) is 3.85. The molecule has 3 N–H and O–H groups in total. The van der Waals surface area contributed by atoms with Crippen LogP contribution in [-0.2, 0) is 19.0 Å². The van der Waals surface area contributed by atoms with Crippen molar-refractivity contribution >= 4 is 5.91 Å². The Morgan fingerprint density at radius 1 is 1.17 bits per heavy atom. The Bertz CT molecular complexity index is 216. The number of hydrogen-bond donors (Lipinski definition) is 2. The van der Waals surface area contributed by atoms with Gasteiger partial charge in [-0.2, -0.15) is 0 Å². The molecule has 0 aliphatic heterocycles. The zero-order valence-corrected chi connectivity index (χ0v) is 11.5. The summed E-state index contributed by atoms with van der Waals surface area (Å²) in [7, 11) is 4.83. The molecule has 0 heterocycles. The SMILES string of the molecule is COCCCN(CCOC)C(COC)C(=O)NN. The van der Waals surface area contributed by atoms with Crippen LogP contribution in [0.15, 0.2) is 0 Å². The van der Waals surface area contributed by atoms with E-state index in [0.717, 1.165) is 13.0 Å². The normalized spacial score (nSPS) is 12.7. The Hall–Kier alpha value is -0.730. The first kappa shape index (κ1) is 17.3. The lowest BCUT2D eigenvalue weighted by molar-refractivity contribution is -0.128. The maximum absolute atomic E-state index is 11.7. The fourth-order valence-electron chi connectivity index (χ4n) is 1.64. The Labute approximate surface area is 109 Å². The largest absolute Gasteiger partial charge is 0.385 e. The number of rotatable bonds is 11. The molecule has 0 spiro atoms. The van der Waals surface area contributed by atoms with Crippen molar-refractivity contribution in [2.24, 2.45) is 5.84 Å². The summed E-state index contributed by atoms with van der Waals surface area (Å²) in [6, 6.07) is -0.410. The van der Waals surface area contributed by atoms with Crippen LogP contribution in [0.5, 0.6) is 0 Å². The van der Waals surface area contributed by atoms with E-state index >= 15 is 0 Å².